The molecule has 0 radical (unpaired) electrons. The van der Waals surface area contributed by atoms with Crippen molar-refractivity contribution in [1.82, 2.24) is 4.98 Å². The molecule has 4 rings (SSSR count). The fourth-order valence-corrected chi connectivity index (χ4v) is 4.84. The lowest BCUT2D eigenvalue weighted by atomic mass is 10.1. The van der Waals surface area contributed by atoms with Gasteiger partial charge in [0.15, 0.2) is 0 Å². The third-order valence-corrected chi connectivity index (χ3v) is 6.92. The molecule has 0 aliphatic carbocycles. The van der Waals surface area contributed by atoms with Crippen LogP contribution in [0.2, 0.25) is 0 Å². The second-order valence-electron chi connectivity index (χ2n) is 7.58. The summed E-state index contributed by atoms with van der Waals surface area (Å²) in [5.74, 6) is -1.05. The maximum absolute atomic E-state index is 13.3. The molecule has 0 unspecified atom stereocenters. The number of benzene rings is 3. The van der Waals surface area contributed by atoms with Crippen LogP contribution in [0, 0.1) is 5.82 Å². The van der Waals surface area contributed by atoms with Crippen molar-refractivity contribution in [3.05, 3.63) is 120 Å². The SMILES string of the molecule is O=C(CN(c1ccccc1)S(=O)(=O)c1ccc(F)cc1)Nc1ccc(Cc2ccncc2)cc1. The van der Waals surface area contributed by atoms with E-state index in [2.05, 4.69) is 10.3 Å². The average molecular weight is 476 g/mol. The molecule has 0 bridgehead atoms. The minimum Gasteiger partial charge on any atom is -0.325 e. The van der Waals surface area contributed by atoms with Gasteiger partial charge in [-0.1, -0.05) is 30.3 Å². The topological polar surface area (TPSA) is 79.4 Å². The number of amides is 1. The summed E-state index contributed by atoms with van der Waals surface area (Å²) in [6.45, 7) is -0.442. The number of pyridine rings is 1. The summed E-state index contributed by atoms with van der Waals surface area (Å²) >= 11 is 0. The number of halogens is 1. The molecule has 0 spiro atoms. The molecule has 172 valence electrons. The summed E-state index contributed by atoms with van der Waals surface area (Å²) in [5, 5.41) is 2.75. The molecule has 0 saturated heterocycles. The molecule has 4 aromatic rings. The number of sulfonamides is 1. The normalized spacial score (nSPS) is 11.1. The molecule has 0 saturated carbocycles. The summed E-state index contributed by atoms with van der Waals surface area (Å²) in [7, 11) is -4.10. The minimum atomic E-state index is -4.10. The summed E-state index contributed by atoms with van der Waals surface area (Å²) < 4.78 is 40.9. The number of hydrogen-bond donors (Lipinski definition) is 1. The molecule has 1 amide bonds. The van der Waals surface area contributed by atoms with Crippen LogP contribution in [0.3, 0.4) is 0 Å². The second-order valence-corrected chi connectivity index (χ2v) is 9.44. The zero-order valence-electron chi connectivity index (χ0n) is 18.1. The maximum Gasteiger partial charge on any atom is 0.264 e. The smallest absolute Gasteiger partial charge is 0.264 e. The Labute approximate surface area is 197 Å². The quantitative estimate of drug-likeness (QED) is 0.403. The molecule has 3 aromatic carbocycles. The molecular weight excluding hydrogens is 453 g/mol. The number of carbonyl (C=O) groups excluding carboxylic acids is 1. The average Bonchev–Trinajstić information content (AvgIpc) is 2.85. The minimum absolute atomic E-state index is 0.106. The molecular formula is C26H22FN3O3S. The third kappa shape index (κ3) is 5.65. The molecule has 1 heterocycles. The predicted octanol–water partition coefficient (Wildman–Crippen LogP) is 4.65. The van der Waals surface area contributed by atoms with E-state index in [-0.39, 0.29) is 4.90 Å². The number of hydrogen-bond acceptors (Lipinski definition) is 4. The Morgan fingerprint density at radius 1 is 0.824 bits per heavy atom. The van der Waals surface area contributed by atoms with Crippen LogP contribution in [0.15, 0.2) is 108 Å². The Morgan fingerprint density at radius 3 is 2.09 bits per heavy atom. The van der Waals surface area contributed by atoms with Gasteiger partial charge in [0.05, 0.1) is 10.6 Å². The fourth-order valence-electron chi connectivity index (χ4n) is 3.42. The number of rotatable bonds is 8. The van der Waals surface area contributed by atoms with E-state index in [1.54, 1.807) is 54.9 Å². The number of para-hydroxylation sites is 1. The Kier molecular flexibility index (Phi) is 6.98. The Morgan fingerprint density at radius 2 is 1.44 bits per heavy atom. The molecule has 8 heteroatoms. The van der Waals surface area contributed by atoms with Crippen molar-refractivity contribution in [2.24, 2.45) is 0 Å². The van der Waals surface area contributed by atoms with Crippen molar-refractivity contribution in [2.45, 2.75) is 11.3 Å². The van der Waals surface area contributed by atoms with Gasteiger partial charge < -0.3 is 5.32 Å². The van der Waals surface area contributed by atoms with Crippen molar-refractivity contribution in [2.75, 3.05) is 16.2 Å². The Balaban J connectivity index is 1.50. The van der Waals surface area contributed by atoms with Gasteiger partial charge >= 0.3 is 0 Å². The first kappa shape index (κ1) is 23.1. The van der Waals surface area contributed by atoms with E-state index in [0.717, 1.165) is 34.0 Å². The number of anilines is 2. The monoisotopic (exact) mass is 475 g/mol. The van der Waals surface area contributed by atoms with Crippen molar-refractivity contribution in [3.8, 4) is 0 Å². The van der Waals surface area contributed by atoms with Crippen LogP contribution in [0.4, 0.5) is 15.8 Å². The van der Waals surface area contributed by atoms with Crippen molar-refractivity contribution in [3.63, 3.8) is 0 Å². The van der Waals surface area contributed by atoms with Crippen LogP contribution in [-0.4, -0.2) is 25.9 Å². The number of nitrogens with one attached hydrogen (secondary N) is 1. The van der Waals surface area contributed by atoms with E-state index in [0.29, 0.717) is 11.4 Å². The summed E-state index contributed by atoms with van der Waals surface area (Å²) in [6, 6.07) is 24.1. The first-order chi connectivity index (χ1) is 16.4. The second kappa shape index (κ2) is 10.3. The highest BCUT2D eigenvalue weighted by atomic mass is 32.2. The van der Waals surface area contributed by atoms with E-state index >= 15 is 0 Å². The van der Waals surface area contributed by atoms with Crippen molar-refractivity contribution >= 4 is 27.3 Å². The van der Waals surface area contributed by atoms with Gasteiger partial charge in [-0.25, -0.2) is 12.8 Å². The zero-order chi connectivity index (χ0) is 24.0. The van der Waals surface area contributed by atoms with Gasteiger partial charge in [-0.05, 0) is 78.2 Å². The van der Waals surface area contributed by atoms with Gasteiger partial charge in [0.1, 0.15) is 12.4 Å². The maximum atomic E-state index is 13.3. The number of aromatic nitrogens is 1. The predicted molar refractivity (Wildman–Crippen MR) is 129 cm³/mol. The molecule has 34 heavy (non-hydrogen) atoms. The summed E-state index contributed by atoms with van der Waals surface area (Å²) in [6.07, 6.45) is 4.21. The van der Waals surface area contributed by atoms with Gasteiger partial charge in [0.25, 0.3) is 10.0 Å². The lowest BCUT2D eigenvalue weighted by molar-refractivity contribution is -0.114. The Hall–Kier alpha value is -4.04. The van der Waals surface area contributed by atoms with Crippen LogP contribution < -0.4 is 9.62 Å². The first-order valence-electron chi connectivity index (χ1n) is 10.5. The van der Waals surface area contributed by atoms with Crippen molar-refractivity contribution in [1.29, 1.82) is 0 Å². The van der Waals surface area contributed by atoms with E-state index in [4.69, 9.17) is 0 Å². The number of carbonyl (C=O) groups is 1. The zero-order valence-corrected chi connectivity index (χ0v) is 19.0. The highest BCUT2D eigenvalue weighted by Gasteiger charge is 2.27. The van der Waals surface area contributed by atoms with E-state index in [1.165, 1.54) is 12.1 Å². The molecule has 0 fully saturated rings. The lowest BCUT2D eigenvalue weighted by Crippen LogP contribution is -2.38. The van der Waals surface area contributed by atoms with Gasteiger partial charge in [-0.3, -0.25) is 14.1 Å². The highest BCUT2D eigenvalue weighted by Crippen LogP contribution is 2.24. The third-order valence-electron chi connectivity index (χ3n) is 5.13. The molecule has 6 nitrogen and oxygen atoms in total. The molecule has 1 aromatic heterocycles. The fraction of sp³-hybridized carbons (Fsp3) is 0.0769. The van der Waals surface area contributed by atoms with Gasteiger partial charge in [0, 0.05) is 18.1 Å². The molecule has 0 aliphatic heterocycles. The Bertz CT molecular complexity index is 1350. The largest absolute Gasteiger partial charge is 0.325 e. The molecule has 0 aliphatic rings. The summed E-state index contributed by atoms with van der Waals surface area (Å²) in [5.41, 5.74) is 3.07. The van der Waals surface area contributed by atoms with Gasteiger partial charge in [0.2, 0.25) is 5.91 Å². The standard InChI is InChI=1S/C26H22FN3O3S/c27-22-8-12-25(13-9-22)34(32,33)30(24-4-2-1-3-5-24)19-26(31)29-23-10-6-20(7-11-23)18-21-14-16-28-17-15-21/h1-17H,18-19H2,(H,29,31). The summed E-state index contributed by atoms with van der Waals surface area (Å²) in [4.78, 5) is 16.7. The van der Waals surface area contributed by atoms with Crippen LogP contribution in [0.25, 0.3) is 0 Å². The van der Waals surface area contributed by atoms with E-state index in [1.807, 2.05) is 24.3 Å². The van der Waals surface area contributed by atoms with Crippen LogP contribution in [-0.2, 0) is 21.2 Å². The van der Waals surface area contributed by atoms with Gasteiger partial charge in [-0.2, -0.15) is 0 Å². The van der Waals surface area contributed by atoms with Crippen molar-refractivity contribution < 1.29 is 17.6 Å². The van der Waals surface area contributed by atoms with Gasteiger partial charge in [-0.15, -0.1) is 0 Å². The number of nitrogens with zero attached hydrogens (tertiary/aromatic N) is 2. The first-order valence-corrected chi connectivity index (χ1v) is 12.0. The molecule has 0 atom stereocenters. The molecule has 1 N–H and O–H groups in total. The van der Waals surface area contributed by atoms with E-state index in [9.17, 15) is 17.6 Å². The lowest BCUT2D eigenvalue weighted by Gasteiger charge is -2.24. The van der Waals surface area contributed by atoms with E-state index < -0.39 is 28.3 Å². The van der Waals surface area contributed by atoms with Crippen LogP contribution >= 0.6 is 0 Å². The highest BCUT2D eigenvalue weighted by molar-refractivity contribution is 7.92. The van der Waals surface area contributed by atoms with Crippen LogP contribution in [0.1, 0.15) is 11.1 Å². The van der Waals surface area contributed by atoms with Crippen LogP contribution in [0.5, 0.6) is 0 Å².